The van der Waals surface area contributed by atoms with Crippen LogP contribution < -0.4 is 0 Å². The monoisotopic (exact) mass is 240 g/mol. The molecule has 0 aromatic rings. The first kappa shape index (κ1) is 6.68. The summed E-state index contributed by atoms with van der Waals surface area (Å²) in [7, 11) is 0.186. The first-order valence-electron chi connectivity index (χ1n) is 2.60. The average molecular weight is 240 g/mol. The van der Waals surface area contributed by atoms with Crippen molar-refractivity contribution in [2.75, 3.05) is 10.2 Å². The molecule has 1 heterocycles. The van der Waals surface area contributed by atoms with Gasteiger partial charge in [-0.05, 0) is 16.6 Å². The predicted molar refractivity (Wildman–Crippen MR) is 51.0 cm³/mol. The maximum absolute atomic E-state index is 2.43. The topological polar surface area (TPSA) is 0 Å². The van der Waals surface area contributed by atoms with E-state index in [9.17, 15) is 0 Å². The fraction of sp³-hybridized carbons (Fsp3) is 0.333. The summed E-state index contributed by atoms with van der Waals surface area (Å²) in [5, 5.41) is 4.63. The highest BCUT2D eigenvalue weighted by atomic mass is 127. The van der Waals surface area contributed by atoms with Crippen LogP contribution in [0.4, 0.5) is 0 Å². The van der Waals surface area contributed by atoms with Gasteiger partial charge >= 0.3 is 0 Å². The minimum absolute atomic E-state index is 0.186. The van der Waals surface area contributed by atoms with Crippen molar-refractivity contribution >= 4 is 33.5 Å². The van der Waals surface area contributed by atoms with Crippen LogP contribution in [-0.4, -0.2) is 10.2 Å². The lowest BCUT2D eigenvalue weighted by Gasteiger charge is -2.04. The van der Waals surface area contributed by atoms with Crippen LogP contribution in [0.5, 0.6) is 0 Å². The van der Waals surface area contributed by atoms with Crippen LogP contribution in [0.25, 0.3) is 0 Å². The molecule has 0 aromatic heterocycles. The highest BCUT2D eigenvalue weighted by molar-refractivity contribution is 14.1. The van der Waals surface area contributed by atoms with E-state index in [0.717, 1.165) is 0 Å². The van der Waals surface area contributed by atoms with E-state index in [1.807, 2.05) is 0 Å². The van der Waals surface area contributed by atoms with Crippen LogP contribution in [-0.2, 0) is 0 Å². The van der Waals surface area contributed by atoms with E-state index in [2.05, 4.69) is 45.6 Å². The summed E-state index contributed by atoms with van der Waals surface area (Å²) in [5.74, 6) is 1.36. The summed E-state index contributed by atoms with van der Waals surface area (Å²) >= 11 is 2.43. The van der Waals surface area contributed by atoms with Gasteiger partial charge in [0.2, 0.25) is 0 Å². The predicted octanol–water partition coefficient (Wildman–Crippen LogP) is 2.46. The lowest BCUT2D eigenvalue weighted by atomic mass is 10.6. The number of rotatable bonds is 2. The Bertz CT molecular complexity index is 106. The van der Waals surface area contributed by atoms with Gasteiger partial charge in [-0.25, -0.2) is 10.9 Å². The van der Waals surface area contributed by atoms with Crippen LogP contribution in [0.3, 0.4) is 0 Å². The Hall–Kier alpha value is 0.560. The van der Waals surface area contributed by atoms with Gasteiger partial charge in [0.05, 0.1) is 0 Å². The summed E-state index contributed by atoms with van der Waals surface area (Å²) < 4.78 is 1.29. The van der Waals surface area contributed by atoms with E-state index >= 15 is 0 Å². The number of allylic oxidation sites excluding steroid dienone is 2. The summed E-state index contributed by atoms with van der Waals surface area (Å²) in [6.45, 7) is 0. The van der Waals surface area contributed by atoms with Crippen molar-refractivity contribution in [1.29, 1.82) is 0 Å². The quantitative estimate of drug-likeness (QED) is 0.428. The maximum atomic E-state index is 2.43. The van der Waals surface area contributed by atoms with Crippen LogP contribution in [0.2, 0.25) is 0 Å². The molecule has 0 nitrogen and oxygen atoms in total. The van der Waals surface area contributed by atoms with Crippen molar-refractivity contribution in [2.24, 2.45) is 0 Å². The van der Waals surface area contributed by atoms with E-state index in [4.69, 9.17) is 0 Å². The van der Waals surface area contributed by atoms with Gasteiger partial charge in [0.15, 0.2) is 0 Å². The van der Waals surface area contributed by atoms with Crippen molar-refractivity contribution in [3.63, 3.8) is 0 Å². The summed E-state index contributed by atoms with van der Waals surface area (Å²) in [6.07, 6.45) is 4.30. The fourth-order valence-electron chi connectivity index (χ4n) is 0.617. The zero-order valence-corrected chi connectivity index (χ0v) is 7.60. The third-order valence-corrected chi connectivity index (χ3v) is 4.25. The molecule has 8 heavy (non-hydrogen) atoms. The largest absolute Gasteiger partial charge is 0.213 e. The second-order valence-corrected chi connectivity index (χ2v) is 4.76. The van der Waals surface area contributed by atoms with Gasteiger partial charge in [0.1, 0.15) is 0 Å². The second-order valence-electron chi connectivity index (χ2n) is 1.61. The molecule has 0 unspecified atom stereocenters. The third-order valence-electron chi connectivity index (χ3n) is 1.01. The van der Waals surface area contributed by atoms with Crippen LogP contribution in [0.15, 0.2) is 23.0 Å². The van der Waals surface area contributed by atoms with Crippen molar-refractivity contribution in [3.8, 4) is 0 Å². The lowest BCUT2D eigenvalue weighted by Crippen LogP contribution is -1.79. The Balaban J connectivity index is 2.27. The molecule has 1 aliphatic rings. The minimum atomic E-state index is 0.186. The summed E-state index contributed by atoms with van der Waals surface area (Å²) in [4.78, 5) is 0. The SMILES string of the molecule is ICC[SH]1C=CC=C1. The van der Waals surface area contributed by atoms with Gasteiger partial charge in [0, 0.05) is 4.43 Å². The van der Waals surface area contributed by atoms with Crippen molar-refractivity contribution in [1.82, 2.24) is 0 Å². The summed E-state index contributed by atoms with van der Waals surface area (Å²) in [6, 6.07) is 0. The van der Waals surface area contributed by atoms with E-state index in [-0.39, 0.29) is 10.9 Å². The first-order valence-corrected chi connectivity index (χ1v) is 5.79. The highest BCUT2D eigenvalue weighted by Crippen LogP contribution is 2.32. The van der Waals surface area contributed by atoms with E-state index in [0.29, 0.717) is 0 Å². The van der Waals surface area contributed by atoms with Crippen LogP contribution in [0.1, 0.15) is 0 Å². The zero-order valence-electron chi connectivity index (χ0n) is 4.55. The van der Waals surface area contributed by atoms with Gasteiger partial charge in [-0.15, -0.1) is 0 Å². The number of hydrogen-bond acceptors (Lipinski definition) is 0. The number of alkyl halides is 1. The molecule has 0 aliphatic carbocycles. The standard InChI is InChI=1S/C6H9IS/c7-3-6-8-4-1-2-5-8/h1-2,4-5,8H,3,6H2. The lowest BCUT2D eigenvalue weighted by molar-refractivity contribution is 1.61. The Morgan fingerprint density at radius 1 is 1.25 bits per heavy atom. The fourth-order valence-corrected chi connectivity index (χ4v) is 3.52. The molecule has 0 amide bonds. The molecule has 46 valence electrons. The van der Waals surface area contributed by atoms with Crippen molar-refractivity contribution in [3.05, 3.63) is 23.0 Å². The molecule has 1 rings (SSSR count). The van der Waals surface area contributed by atoms with Crippen LogP contribution in [0, 0.1) is 0 Å². The molecule has 0 spiro atoms. The number of halogens is 1. The Morgan fingerprint density at radius 2 is 1.88 bits per heavy atom. The Labute approximate surface area is 66.5 Å². The van der Waals surface area contributed by atoms with Gasteiger partial charge in [-0.3, -0.25) is 0 Å². The molecule has 0 atom stereocenters. The average Bonchev–Trinajstić information content (AvgIpc) is 2.19. The molecule has 0 saturated heterocycles. The van der Waals surface area contributed by atoms with E-state index < -0.39 is 0 Å². The second kappa shape index (κ2) is 3.56. The number of thiol groups is 1. The highest BCUT2D eigenvalue weighted by Gasteiger charge is 1.94. The maximum Gasteiger partial charge on any atom is 0.00753 e. The normalized spacial score (nSPS) is 20.4. The molecule has 0 bridgehead atoms. The van der Waals surface area contributed by atoms with Gasteiger partial charge in [-0.1, -0.05) is 34.7 Å². The molecule has 0 N–H and O–H groups in total. The van der Waals surface area contributed by atoms with E-state index in [1.165, 1.54) is 10.2 Å². The molecule has 1 aliphatic heterocycles. The molecule has 0 fully saturated rings. The van der Waals surface area contributed by atoms with Crippen LogP contribution >= 0.6 is 33.5 Å². The summed E-state index contributed by atoms with van der Waals surface area (Å²) in [5.41, 5.74) is 0. The molecular weight excluding hydrogens is 231 g/mol. The smallest absolute Gasteiger partial charge is 0.00753 e. The zero-order chi connectivity index (χ0) is 5.82. The Morgan fingerprint density at radius 3 is 2.38 bits per heavy atom. The first-order chi connectivity index (χ1) is 3.93. The van der Waals surface area contributed by atoms with Crippen molar-refractivity contribution < 1.29 is 0 Å². The molecule has 0 saturated carbocycles. The number of hydrogen-bond donors (Lipinski definition) is 1. The minimum Gasteiger partial charge on any atom is -0.213 e. The van der Waals surface area contributed by atoms with E-state index in [1.54, 1.807) is 0 Å². The van der Waals surface area contributed by atoms with Gasteiger partial charge in [-0.2, -0.15) is 0 Å². The molecule has 0 aromatic carbocycles. The third kappa shape index (κ3) is 1.82. The Kier molecular flexibility index (Phi) is 2.97. The molecule has 2 heteroatoms. The van der Waals surface area contributed by atoms with Gasteiger partial charge < -0.3 is 0 Å². The van der Waals surface area contributed by atoms with Gasteiger partial charge in [0.25, 0.3) is 0 Å². The molecular formula is C6H9IS. The van der Waals surface area contributed by atoms with Crippen molar-refractivity contribution in [2.45, 2.75) is 0 Å². The molecule has 0 radical (unpaired) electrons.